The molecule has 0 radical (unpaired) electrons. The maximum Gasteiger partial charge on any atom is 0.310 e. The van der Waals surface area contributed by atoms with Gasteiger partial charge < -0.3 is 15.6 Å². The van der Waals surface area contributed by atoms with Gasteiger partial charge in [-0.25, -0.2) is 0 Å². The van der Waals surface area contributed by atoms with Crippen molar-refractivity contribution < 1.29 is 19.4 Å². The van der Waals surface area contributed by atoms with Crippen molar-refractivity contribution in [3.8, 4) is 0 Å². The fourth-order valence-electron chi connectivity index (χ4n) is 1.78. The molecule has 1 aliphatic carbocycles. The number of carbonyl (C=O) groups excluding carboxylic acids is 1. The Morgan fingerprint density at radius 2 is 1.75 bits per heavy atom. The van der Waals surface area contributed by atoms with E-state index in [2.05, 4.69) is 0 Å². The van der Waals surface area contributed by atoms with Crippen LogP contribution in [0.15, 0.2) is 0 Å². The van der Waals surface area contributed by atoms with Gasteiger partial charge in [0, 0.05) is 13.0 Å². The van der Waals surface area contributed by atoms with E-state index in [-0.39, 0.29) is 17.9 Å². The number of aliphatic carboxylic acids is 1. The number of hydrogen-bond acceptors (Lipinski definition) is 4. The lowest BCUT2D eigenvalue weighted by Crippen LogP contribution is -2.35. The first kappa shape index (κ1) is 14.9. The van der Waals surface area contributed by atoms with Crippen molar-refractivity contribution in [1.82, 2.24) is 0 Å². The van der Waals surface area contributed by atoms with Gasteiger partial charge in [-0.05, 0) is 12.8 Å². The van der Waals surface area contributed by atoms with Gasteiger partial charge in [-0.2, -0.15) is 0 Å². The molecule has 2 atom stereocenters. The number of esters is 1. The molecule has 0 bridgehead atoms. The molecular weight excluding hydrogens is 210 g/mol. The van der Waals surface area contributed by atoms with Gasteiger partial charge in [0.15, 0.2) is 0 Å². The Labute approximate surface area is 96.0 Å². The summed E-state index contributed by atoms with van der Waals surface area (Å²) in [6.07, 6.45) is 5.30. The van der Waals surface area contributed by atoms with Crippen molar-refractivity contribution in [2.45, 2.75) is 45.1 Å². The molecule has 0 unspecified atom stereocenters. The quantitative estimate of drug-likeness (QED) is 0.522. The Morgan fingerprint density at radius 3 is 2.25 bits per heavy atom. The Balaban J connectivity index is 0.000000487. The van der Waals surface area contributed by atoms with E-state index in [1.807, 2.05) is 0 Å². The van der Waals surface area contributed by atoms with Gasteiger partial charge in [-0.3, -0.25) is 9.59 Å². The van der Waals surface area contributed by atoms with E-state index in [1.165, 1.54) is 13.5 Å². The summed E-state index contributed by atoms with van der Waals surface area (Å²) in [5.41, 5.74) is 5.85. The molecule has 16 heavy (non-hydrogen) atoms. The number of carboxylic acid groups (broad SMARTS) is 1. The summed E-state index contributed by atoms with van der Waals surface area (Å²) in [5.74, 6) is -1.03. The molecular formula is C11H21NO4. The molecule has 1 fully saturated rings. The zero-order chi connectivity index (χ0) is 12.6. The topological polar surface area (TPSA) is 89.6 Å². The highest BCUT2D eigenvalue weighted by atomic mass is 16.5. The molecule has 0 spiro atoms. The third-order valence-corrected chi connectivity index (χ3v) is 2.57. The van der Waals surface area contributed by atoms with E-state index in [0.29, 0.717) is 0 Å². The van der Waals surface area contributed by atoms with Crippen LogP contribution in [0.4, 0.5) is 0 Å². The van der Waals surface area contributed by atoms with Gasteiger partial charge in [0.2, 0.25) is 0 Å². The summed E-state index contributed by atoms with van der Waals surface area (Å²) in [6, 6.07) is 0.0138. The minimum atomic E-state index is -0.833. The van der Waals surface area contributed by atoms with Crippen LogP contribution in [-0.2, 0) is 14.3 Å². The Bertz CT molecular complexity index is 226. The number of methoxy groups -OCH3 is 1. The summed E-state index contributed by atoms with van der Waals surface area (Å²) >= 11 is 0. The lowest BCUT2D eigenvalue weighted by molar-refractivity contribution is -0.146. The van der Waals surface area contributed by atoms with Gasteiger partial charge >= 0.3 is 5.97 Å². The SMILES string of the molecule is CC(=O)O.COC(=O)[C@@H]1CCCCC[C@H]1N. The molecule has 0 amide bonds. The van der Waals surface area contributed by atoms with Crippen molar-refractivity contribution >= 4 is 11.9 Å². The lowest BCUT2D eigenvalue weighted by Gasteiger charge is -2.17. The molecule has 0 aromatic heterocycles. The molecule has 1 saturated carbocycles. The predicted molar refractivity (Wildman–Crippen MR) is 59.9 cm³/mol. The van der Waals surface area contributed by atoms with Crippen LogP contribution in [0.3, 0.4) is 0 Å². The summed E-state index contributed by atoms with van der Waals surface area (Å²) in [5, 5.41) is 7.42. The third-order valence-electron chi connectivity index (χ3n) is 2.57. The second-order valence-electron chi connectivity index (χ2n) is 3.95. The molecule has 94 valence electrons. The molecule has 5 heteroatoms. The summed E-state index contributed by atoms with van der Waals surface area (Å²) in [7, 11) is 1.43. The number of hydrogen-bond donors (Lipinski definition) is 2. The summed E-state index contributed by atoms with van der Waals surface area (Å²) < 4.78 is 4.70. The molecule has 5 nitrogen and oxygen atoms in total. The van der Waals surface area contributed by atoms with Crippen LogP contribution in [0.2, 0.25) is 0 Å². The van der Waals surface area contributed by atoms with Crippen LogP contribution < -0.4 is 5.73 Å². The first-order chi connectivity index (χ1) is 7.49. The largest absolute Gasteiger partial charge is 0.481 e. The molecule has 3 N–H and O–H groups in total. The normalized spacial score (nSPS) is 24.7. The van der Waals surface area contributed by atoms with Crippen molar-refractivity contribution in [2.24, 2.45) is 11.7 Å². The van der Waals surface area contributed by atoms with Crippen LogP contribution in [0, 0.1) is 5.92 Å². The van der Waals surface area contributed by atoms with E-state index in [1.54, 1.807) is 0 Å². The summed E-state index contributed by atoms with van der Waals surface area (Å²) in [6.45, 7) is 1.08. The number of carboxylic acids is 1. The minimum Gasteiger partial charge on any atom is -0.481 e. The highest BCUT2D eigenvalue weighted by molar-refractivity contribution is 5.73. The highest BCUT2D eigenvalue weighted by Gasteiger charge is 2.27. The van der Waals surface area contributed by atoms with E-state index in [0.717, 1.165) is 32.6 Å². The van der Waals surface area contributed by atoms with Gasteiger partial charge in [0.25, 0.3) is 5.97 Å². The maximum atomic E-state index is 11.2. The van der Waals surface area contributed by atoms with E-state index < -0.39 is 5.97 Å². The number of nitrogens with two attached hydrogens (primary N) is 1. The van der Waals surface area contributed by atoms with Crippen LogP contribution in [0.1, 0.15) is 39.0 Å². The zero-order valence-corrected chi connectivity index (χ0v) is 9.94. The smallest absolute Gasteiger partial charge is 0.310 e. The Hall–Kier alpha value is -1.10. The average molecular weight is 231 g/mol. The van der Waals surface area contributed by atoms with Crippen LogP contribution in [0.25, 0.3) is 0 Å². The molecule has 0 saturated heterocycles. The van der Waals surface area contributed by atoms with Crippen molar-refractivity contribution in [2.75, 3.05) is 7.11 Å². The predicted octanol–water partition coefficient (Wildman–Crippen LogP) is 1.16. The number of rotatable bonds is 1. The second-order valence-corrected chi connectivity index (χ2v) is 3.95. The zero-order valence-electron chi connectivity index (χ0n) is 9.94. The summed E-state index contributed by atoms with van der Waals surface area (Å²) in [4.78, 5) is 20.2. The molecule has 0 aromatic rings. The minimum absolute atomic E-state index is 0.0138. The molecule has 0 aliphatic heterocycles. The third kappa shape index (κ3) is 6.40. The first-order valence-corrected chi connectivity index (χ1v) is 5.52. The molecule has 1 aliphatic rings. The lowest BCUT2D eigenvalue weighted by atomic mass is 9.96. The van der Waals surface area contributed by atoms with Gasteiger partial charge in [-0.1, -0.05) is 19.3 Å². The molecule has 1 rings (SSSR count). The molecule has 0 aromatic carbocycles. The van der Waals surface area contributed by atoms with Crippen molar-refractivity contribution in [3.05, 3.63) is 0 Å². The second kappa shape index (κ2) is 8.10. The van der Waals surface area contributed by atoms with E-state index in [4.69, 9.17) is 20.4 Å². The average Bonchev–Trinajstić information content (AvgIpc) is 2.41. The van der Waals surface area contributed by atoms with Gasteiger partial charge in [0.1, 0.15) is 0 Å². The van der Waals surface area contributed by atoms with Gasteiger partial charge in [0.05, 0.1) is 13.0 Å². The van der Waals surface area contributed by atoms with E-state index >= 15 is 0 Å². The first-order valence-electron chi connectivity index (χ1n) is 5.52. The highest BCUT2D eigenvalue weighted by Crippen LogP contribution is 2.22. The Kier molecular flexibility index (Phi) is 7.54. The maximum absolute atomic E-state index is 11.2. The van der Waals surface area contributed by atoms with Crippen LogP contribution in [-0.4, -0.2) is 30.2 Å². The monoisotopic (exact) mass is 231 g/mol. The molecule has 0 heterocycles. The Morgan fingerprint density at radius 1 is 1.25 bits per heavy atom. The van der Waals surface area contributed by atoms with Crippen LogP contribution in [0.5, 0.6) is 0 Å². The fraction of sp³-hybridized carbons (Fsp3) is 0.818. The van der Waals surface area contributed by atoms with E-state index in [9.17, 15) is 4.79 Å². The van der Waals surface area contributed by atoms with Crippen LogP contribution >= 0.6 is 0 Å². The number of carbonyl (C=O) groups is 2. The fourth-order valence-corrected chi connectivity index (χ4v) is 1.78. The standard InChI is InChI=1S/C9H17NO2.C2H4O2/c1-12-9(11)7-5-3-2-4-6-8(7)10;1-2(3)4/h7-8H,2-6,10H2,1H3;1H3,(H,3,4)/t7-,8-;/m1./s1. The number of ether oxygens (including phenoxy) is 1. The van der Waals surface area contributed by atoms with Crippen molar-refractivity contribution in [1.29, 1.82) is 0 Å². The van der Waals surface area contributed by atoms with Crippen molar-refractivity contribution in [3.63, 3.8) is 0 Å². The van der Waals surface area contributed by atoms with Gasteiger partial charge in [-0.15, -0.1) is 0 Å².